The third kappa shape index (κ3) is 3.23. The van der Waals surface area contributed by atoms with Gasteiger partial charge in [-0.2, -0.15) is 0 Å². The molecule has 0 N–H and O–H groups in total. The first-order chi connectivity index (χ1) is 9.61. The Balaban J connectivity index is 2.38. The van der Waals surface area contributed by atoms with Gasteiger partial charge in [0.1, 0.15) is 5.82 Å². The molecule has 0 radical (unpaired) electrons. The quantitative estimate of drug-likeness (QED) is 0.839. The highest BCUT2D eigenvalue weighted by Crippen LogP contribution is 2.13. The summed E-state index contributed by atoms with van der Waals surface area (Å²) in [5.74, 6) is 1.30. The first-order valence-corrected chi connectivity index (χ1v) is 6.82. The van der Waals surface area contributed by atoms with Gasteiger partial charge in [0.25, 0.3) is 5.56 Å². The second-order valence-electron chi connectivity index (χ2n) is 4.81. The predicted molar refractivity (Wildman–Crippen MR) is 77.4 cm³/mol. The van der Waals surface area contributed by atoms with Crippen LogP contribution in [0.25, 0.3) is 5.69 Å². The Hall–Kier alpha value is -2.17. The van der Waals surface area contributed by atoms with Crippen molar-refractivity contribution in [2.75, 3.05) is 0 Å². The van der Waals surface area contributed by atoms with E-state index in [9.17, 15) is 4.79 Å². The molecule has 0 spiro atoms. The summed E-state index contributed by atoms with van der Waals surface area (Å²) in [6.45, 7) is 5.95. The molecule has 0 aliphatic heterocycles. The average Bonchev–Trinajstić information content (AvgIpc) is 2.40. The highest BCUT2D eigenvalue weighted by Gasteiger charge is 2.08. The Morgan fingerprint density at radius 1 is 1.25 bits per heavy atom. The van der Waals surface area contributed by atoms with Crippen LogP contribution in [-0.2, 0) is 6.42 Å². The van der Waals surface area contributed by atoms with Crippen molar-refractivity contribution in [2.24, 2.45) is 0 Å². The second kappa shape index (κ2) is 6.32. The molecule has 0 unspecified atom stereocenters. The van der Waals surface area contributed by atoms with Gasteiger partial charge in [0.05, 0.1) is 18.0 Å². The van der Waals surface area contributed by atoms with Crippen LogP contribution >= 0.6 is 0 Å². The summed E-state index contributed by atoms with van der Waals surface area (Å²) in [4.78, 5) is 20.6. The fourth-order valence-corrected chi connectivity index (χ4v) is 1.94. The summed E-state index contributed by atoms with van der Waals surface area (Å²) < 4.78 is 7.09. The molecular formula is C15H19N3O2. The fraction of sp³-hybridized carbons (Fsp3) is 0.400. The number of aromatic nitrogens is 3. The summed E-state index contributed by atoms with van der Waals surface area (Å²) in [5.41, 5.74) is 0.616. The Morgan fingerprint density at radius 3 is 2.65 bits per heavy atom. The van der Waals surface area contributed by atoms with Crippen molar-refractivity contribution in [3.63, 3.8) is 0 Å². The van der Waals surface area contributed by atoms with E-state index >= 15 is 0 Å². The number of ether oxygens (including phenoxy) is 1. The zero-order valence-corrected chi connectivity index (χ0v) is 12.0. The molecule has 20 heavy (non-hydrogen) atoms. The maximum atomic E-state index is 12.0. The van der Waals surface area contributed by atoms with Crippen molar-refractivity contribution in [3.05, 3.63) is 46.8 Å². The van der Waals surface area contributed by atoms with Gasteiger partial charge in [-0.15, -0.1) is 0 Å². The Morgan fingerprint density at radius 2 is 2.05 bits per heavy atom. The molecule has 5 heteroatoms. The molecule has 0 aliphatic carbocycles. The smallest absolute Gasteiger partial charge is 0.258 e. The minimum atomic E-state index is -0.0947. The molecule has 0 saturated carbocycles. The summed E-state index contributed by atoms with van der Waals surface area (Å²) >= 11 is 0. The summed E-state index contributed by atoms with van der Waals surface area (Å²) in [5, 5.41) is 0. The van der Waals surface area contributed by atoms with Gasteiger partial charge in [-0.05, 0) is 26.3 Å². The fourth-order valence-electron chi connectivity index (χ4n) is 1.94. The molecule has 2 rings (SSSR count). The number of nitrogens with zero attached hydrogens (tertiary/aromatic N) is 3. The lowest BCUT2D eigenvalue weighted by molar-refractivity contribution is 0.232. The second-order valence-corrected chi connectivity index (χ2v) is 4.81. The standard InChI is InChI=1S/C15H19N3O2/c1-4-5-13-16-9-8-15(19)18(13)12-6-7-14(17-10-12)20-11(2)3/h6-11H,4-5H2,1-3H3. The van der Waals surface area contributed by atoms with Crippen LogP contribution in [0.4, 0.5) is 0 Å². The van der Waals surface area contributed by atoms with Crippen molar-refractivity contribution in [1.82, 2.24) is 14.5 Å². The van der Waals surface area contributed by atoms with Crippen LogP contribution < -0.4 is 10.3 Å². The van der Waals surface area contributed by atoms with Crippen LogP contribution in [0.1, 0.15) is 33.0 Å². The molecule has 0 atom stereocenters. The number of rotatable bonds is 5. The van der Waals surface area contributed by atoms with Gasteiger partial charge in [0.15, 0.2) is 0 Å². The monoisotopic (exact) mass is 273 g/mol. The van der Waals surface area contributed by atoms with E-state index in [4.69, 9.17) is 4.74 Å². The minimum Gasteiger partial charge on any atom is -0.475 e. The van der Waals surface area contributed by atoms with Crippen molar-refractivity contribution >= 4 is 0 Å². The summed E-state index contributed by atoms with van der Waals surface area (Å²) in [7, 11) is 0. The van der Waals surface area contributed by atoms with Crippen molar-refractivity contribution in [1.29, 1.82) is 0 Å². The molecule has 0 aromatic carbocycles. The minimum absolute atomic E-state index is 0.0742. The molecule has 0 fully saturated rings. The third-order valence-corrected chi connectivity index (χ3v) is 2.73. The summed E-state index contributed by atoms with van der Waals surface area (Å²) in [6, 6.07) is 5.05. The van der Waals surface area contributed by atoms with Gasteiger partial charge in [-0.25, -0.2) is 9.97 Å². The first kappa shape index (κ1) is 14.2. The van der Waals surface area contributed by atoms with E-state index < -0.39 is 0 Å². The lowest BCUT2D eigenvalue weighted by Crippen LogP contribution is -2.22. The van der Waals surface area contributed by atoms with Gasteiger partial charge >= 0.3 is 0 Å². The molecule has 2 heterocycles. The highest BCUT2D eigenvalue weighted by atomic mass is 16.5. The molecule has 0 bridgehead atoms. The lowest BCUT2D eigenvalue weighted by atomic mass is 10.3. The number of hydrogen-bond acceptors (Lipinski definition) is 4. The van der Waals surface area contributed by atoms with E-state index in [1.54, 1.807) is 23.0 Å². The topological polar surface area (TPSA) is 57.0 Å². The molecule has 0 amide bonds. The maximum Gasteiger partial charge on any atom is 0.258 e. The Labute approximate surface area is 118 Å². The molecule has 2 aromatic heterocycles. The van der Waals surface area contributed by atoms with Crippen molar-refractivity contribution in [3.8, 4) is 11.6 Å². The van der Waals surface area contributed by atoms with Crippen LogP contribution in [0.3, 0.4) is 0 Å². The van der Waals surface area contributed by atoms with E-state index in [2.05, 4.69) is 16.9 Å². The van der Waals surface area contributed by atoms with Gasteiger partial charge < -0.3 is 4.74 Å². The van der Waals surface area contributed by atoms with E-state index in [0.29, 0.717) is 11.6 Å². The van der Waals surface area contributed by atoms with Crippen LogP contribution in [0, 0.1) is 0 Å². The zero-order chi connectivity index (χ0) is 14.5. The lowest BCUT2D eigenvalue weighted by Gasteiger charge is -2.12. The largest absolute Gasteiger partial charge is 0.475 e. The van der Waals surface area contributed by atoms with Crippen molar-refractivity contribution in [2.45, 2.75) is 39.7 Å². The van der Waals surface area contributed by atoms with Crippen LogP contribution in [-0.4, -0.2) is 20.6 Å². The Kier molecular flexibility index (Phi) is 4.50. The van der Waals surface area contributed by atoms with E-state index in [1.165, 1.54) is 6.07 Å². The Bertz CT molecular complexity index is 618. The molecule has 106 valence electrons. The SMILES string of the molecule is CCCc1nccc(=O)n1-c1ccc(OC(C)C)nc1. The zero-order valence-electron chi connectivity index (χ0n) is 12.0. The van der Waals surface area contributed by atoms with Gasteiger partial charge in [0.2, 0.25) is 5.88 Å². The van der Waals surface area contributed by atoms with Gasteiger partial charge in [-0.1, -0.05) is 6.92 Å². The van der Waals surface area contributed by atoms with E-state index in [1.807, 2.05) is 19.9 Å². The highest BCUT2D eigenvalue weighted by molar-refractivity contribution is 5.32. The predicted octanol–water partition coefficient (Wildman–Crippen LogP) is 2.37. The molecule has 0 saturated heterocycles. The van der Waals surface area contributed by atoms with E-state index in [-0.39, 0.29) is 11.7 Å². The molecule has 5 nitrogen and oxygen atoms in total. The van der Waals surface area contributed by atoms with Crippen molar-refractivity contribution < 1.29 is 4.74 Å². The maximum absolute atomic E-state index is 12.0. The third-order valence-electron chi connectivity index (χ3n) is 2.73. The van der Waals surface area contributed by atoms with Gasteiger partial charge in [0, 0.05) is 24.8 Å². The van der Waals surface area contributed by atoms with Crippen LogP contribution in [0.15, 0.2) is 35.4 Å². The van der Waals surface area contributed by atoms with Crippen LogP contribution in [0.5, 0.6) is 5.88 Å². The number of hydrogen-bond donors (Lipinski definition) is 0. The van der Waals surface area contributed by atoms with Crippen LogP contribution in [0.2, 0.25) is 0 Å². The number of pyridine rings is 1. The summed E-state index contributed by atoms with van der Waals surface area (Å²) in [6.07, 6.45) is 4.94. The average molecular weight is 273 g/mol. The molecule has 0 aliphatic rings. The molecule has 2 aromatic rings. The number of aryl methyl sites for hydroxylation is 1. The van der Waals surface area contributed by atoms with E-state index in [0.717, 1.165) is 18.7 Å². The first-order valence-electron chi connectivity index (χ1n) is 6.82. The molecular weight excluding hydrogens is 254 g/mol. The normalized spacial score (nSPS) is 10.8. The van der Waals surface area contributed by atoms with Gasteiger partial charge in [-0.3, -0.25) is 9.36 Å².